The van der Waals surface area contributed by atoms with Gasteiger partial charge in [-0.2, -0.15) is 0 Å². The van der Waals surface area contributed by atoms with Crippen molar-refractivity contribution >= 4 is 39.0 Å². The van der Waals surface area contributed by atoms with Crippen molar-refractivity contribution in [2.24, 2.45) is 0 Å². The smallest absolute Gasteiger partial charge is 0.263 e. The van der Waals surface area contributed by atoms with Gasteiger partial charge in [0, 0.05) is 44.1 Å². The van der Waals surface area contributed by atoms with E-state index >= 15 is 0 Å². The Kier molecular flexibility index (Phi) is 5.27. The lowest BCUT2D eigenvalue weighted by molar-refractivity contribution is 0.0938. The summed E-state index contributed by atoms with van der Waals surface area (Å²) in [6.45, 7) is 8.31. The van der Waals surface area contributed by atoms with E-state index in [0.717, 1.165) is 51.1 Å². The average molecular weight is 437 g/mol. The molecule has 0 unspecified atom stereocenters. The maximum absolute atomic E-state index is 13.0. The van der Waals surface area contributed by atoms with Crippen LogP contribution in [0.3, 0.4) is 0 Å². The molecule has 1 saturated heterocycles. The van der Waals surface area contributed by atoms with E-state index in [4.69, 9.17) is 5.73 Å². The number of piperazine rings is 1. The number of hydrogen-bond acceptors (Lipinski definition) is 7. The number of rotatable bonds is 3. The number of nitrogens with one attached hydrogen (secondary N) is 2. The average Bonchev–Trinajstić information content (AvgIpc) is 3.10. The van der Waals surface area contributed by atoms with Crippen LogP contribution in [0.2, 0.25) is 0 Å². The van der Waals surface area contributed by atoms with Crippen LogP contribution in [0.25, 0.3) is 10.3 Å². The Morgan fingerprint density at radius 2 is 2.10 bits per heavy atom. The van der Waals surface area contributed by atoms with Crippen LogP contribution in [0.5, 0.6) is 0 Å². The molecule has 2 aliphatic rings. The first kappa shape index (κ1) is 20.2. The minimum Gasteiger partial charge on any atom is -0.396 e. The summed E-state index contributed by atoms with van der Waals surface area (Å²) in [7, 11) is 0. The quantitative estimate of drug-likeness (QED) is 0.584. The second-order valence-electron chi connectivity index (χ2n) is 8.51. The van der Waals surface area contributed by atoms with Gasteiger partial charge in [-0.25, -0.2) is 9.97 Å². The standard InChI is InChI=1S/C23H28N6OS/c1-13-12-26-20-19(24)21(31-23(20)27-13)22(30)28-16-4-5-17-14(2)18(6-3-15(17)11-16)29-9-7-25-8-10-29/h3,6,12,16,25H,4-5,7-11,24H2,1-2H3,(H,28,30)/t16-/m0/s1. The highest BCUT2D eigenvalue weighted by molar-refractivity contribution is 7.21. The van der Waals surface area contributed by atoms with Gasteiger partial charge < -0.3 is 21.3 Å². The highest BCUT2D eigenvalue weighted by Crippen LogP contribution is 2.33. The third kappa shape index (κ3) is 3.74. The predicted octanol–water partition coefficient (Wildman–Crippen LogP) is 2.59. The number of anilines is 2. The van der Waals surface area contributed by atoms with Crippen molar-refractivity contribution in [3.05, 3.63) is 45.6 Å². The summed E-state index contributed by atoms with van der Waals surface area (Å²) in [5.74, 6) is -0.123. The lowest BCUT2D eigenvalue weighted by atomic mass is 9.85. The van der Waals surface area contributed by atoms with Gasteiger partial charge in [-0.3, -0.25) is 4.79 Å². The lowest BCUT2D eigenvalue weighted by Crippen LogP contribution is -2.44. The van der Waals surface area contributed by atoms with Gasteiger partial charge in [-0.1, -0.05) is 6.07 Å². The number of nitrogens with zero attached hydrogens (tertiary/aromatic N) is 3. The van der Waals surface area contributed by atoms with Crippen molar-refractivity contribution in [3.63, 3.8) is 0 Å². The molecule has 1 aliphatic carbocycles. The van der Waals surface area contributed by atoms with Gasteiger partial charge in [0.1, 0.15) is 15.2 Å². The van der Waals surface area contributed by atoms with Crippen molar-refractivity contribution in [1.82, 2.24) is 20.6 Å². The molecule has 0 bridgehead atoms. The predicted molar refractivity (Wildman–Crippen MR) is 126 cm³/mol. The summed E-state index contributed by atoms with van der Waals surface area (Å²) in [6, 6.07) is 4.62. The zero-order chi connectivity index (χ0) is 21.5. The number of nitrogen functional groups attached to an aromatic ring is 1. The molecule has 5 rings (SSSR count). The highest BCUT2D eigenvalue weighted by Gasteiger charge is 2.26. The minimum atomic E-state index is -0.123. The van der Waals surface area contributed by atoms with Gasteiger partial charge in [0.05, 0.1) is 11.4 Å². The first-order valence-electron chi connectivity index (χ1n) is 10.9. The molecule has 0 saturated carbocycles. The molecule has 2 aromatic heterocycles. The summed E-state index contributed by atoms with van der Waals surface area (Å²) in [6.07, 6.45) is 4.45. The number of hydrogen-bond donors (Lipinski definition) is 3. The number of benzene rings is 1. The number of nitrogens with two attached hydrogens (primary N) is 1. The normalized spacial score (nSPS) is 18.8. The van der Waals surface area contributed by atoms with E-state index in [-0.39, 0.29) is 11.9 Å². The van der Waals surface area contributed by atoms with Crippen LogP contribution in [-0.2, 0) is 12.8 Å². The number of carbonyl (C=O) groups is 1. The van der Waals surface area contributed by atoms with E-state index in [1.165, 1.54) is 33.7 Å². The van der Waals surface area contributed by atoms with Crippen LogP contribution >= 0.6 is 11.3 Å². The third-order valence-corrected chi connectivity index (χ3v) is 7.52. The van der Waals surface area contributed by atoms with Crippen molar-refractivity contribution < 1.29 is 4.79 Å². The van der Waals surface area contributed by atoms with Gasteiger partial charge >= 0.3 is 0 Å². The van der Waals surface area contributed by atoms with E-state index in [1.807, 2.05) is 6.92 Å². The molecule has 1 atom stereocenters. The molecule has 1 fully saturated rings. The Morgan fingerprint density at radius 1 is 1.29 bits per heavy atom. The van der Waals surface area contributed by atoms with E-state index in [0.29, 0.717) is 20.9 Å². The summed E-state index contributed by atoms with van der Waals surface area (Å²) >= 11 is 1.32. The maximum Gasteiger partial charge on any atom is 0.263 e. The Hall–Kier alpha value is -2.71. The number of amides is 1. The fourth-order valence-electron chi connectivity index (χ4n) is 4.79. The molecule has 4 N–H and O–H groups in total. The van der Waals surface area contributed by atoms with E-state index < -0.39 is 0 Å². The SMILES string of the molecule is Cc1cnc2c(N)c(C(=O)N[C@H]3CCc4c(ccc(N5CCNCC5)c4C)C3)sc2n1. The molecule has 8 heteroatoms. The zero-order valence-electron chi connectivity index (χ0n) is 18.0. The van der Waals surface area contributed by atoms with Crippen LogP contribution in [0.1, 0.15) is 38.5 Å². The maximum atomic E-state index is 13.0. The van der Waals surface area contributed by atoms with Crippen LogP contribution in [0.4, 0.5) is 11.4 Å². The second kappa shape index (κ2) is 8.09. The van der Waals surface area contributed by atoms with Gasteiger partial charge in [0.15, 0.2) is 0 Å². The molecule has 1 amide bonds. The summed E-state index contributed by atoms with van der Waals surface area (Å²) in [4.78, 5) is 25.5. The molecular formula is C23H28N6OS. The number of fused-ring (bicyclic) bond motifs is 2. The summed E-state index contributed by atoms with van der Waals surface area (Å²) < 4.78 is 0. The van der Waals surface area contributed by atoms with Crippen molar-refractivity contribution in [2.45, 2.75) is 39.2 Å². The Morgan fingerprint density at radius 3 is 2.90 bits per heavy atom. The molecule has 3 heterocycles. The zero-order valence-corrected chi connectivity index (χ0v) is 18.8. The number of aromatic nitrogens is 2. The third-order valence-electron chi connectivity index (χ3n) is 6.43. The highest BCUT2D eigenvalue weighted by atomic mass is 32.1. The van der Waals surface area contributed by atoms with Crippen LogP contribution in [-0.4, -0.2) is 48.1 Å². The lowest BCUT2D eigenvalue weighted by Gasteiger charge is -2.33. The van der Waals surface area contributed by atoms with E-state index in [1.54, 1.807) is 6.20 Å². The van der Waals surface area contributed by atoms with E-state index in [2.05, 4.69) is 44.6 Å². The molecule has 31 heavy (non-hydrogen) atoms. The molecule has 3 aromatic rings. The van der Waals surface area contributed by atoms with Crippen LogP contribution in [0, 0.1) is 13.8 Å². The summed E-state index contributed by atoms with van der Waals surface area (Å²) in [5, 5.41) is 6.63. The summed E-state index contributed by atoms with van der Waals surface area (Å²) in [5.41, 5.74) is 13.6. The topological polar surface area (TPSA) is 96.2 Å². The molecule has 162 valence electrons. The van der Waals surface area contributed by atoms with E-state index in [9.17, 15) is 4.79 Å². The Labute approximate surface area is 186 Å². The number of aryl methyl sites for hydroxylation is 1. The monoisotopic (exact) mass is 436 g/mol. The van der Waals surface area contributed by atoms with Crippen LogP contribution < -0.4 is 21.3 Å². The van der Waals surface area contributed by atoms with Crippen molar-refractivity contribution in [2.75, 3.05) is 36.8 Å². The van der Waals surface area contributed by atoms with Crippen LogP contribution in [0.15, 0.2) is 18.3 Å². The fraction of sp³-hybridized carbons (Fsp3) is 0.435. The minimum absolute atomic E-state index is 0.108. The first-order chi connectivity index (χ1) is 15.0. The first-order valence-corrected chi connectivity index (χ1v) is 11.7. The number of thiophene rings is 1. The Balaban J connectivity index is 1.32. The molecule has 7 nitrogen and oxygen atoms in total. The van der Waals surface area contributed by atoms with Gasteiger partial charge in [0.2, 0.25) is 0 Å². The largest absolute Gasteiger partial charge is 0.396 e. The van der Waals surface area contributed by atoms with Crippen molar-refractivity contribution in [1.29, 1.82) is 0 Å². The molecule has 0 radical (unpaired) electrons. The van der Waals surface area contributed by atoms with Crippen molar-refractivity contribution in [3.8, 4) is 0 Å². The number of carbonyl (C=O) groups excluding carboxylic acids is 1. The van der Waals surface area contributed by atoms with Gasteiger partial charge in [-0.15, -0.1) is 11.3 Å². The van der Waals surface area contributed by atoms with Gasteiger partial charge in [0.25, 0.3) is 5.91 Å². The molecule has 0 spiro atoms. The fourth-order valence-corrected chi connectivity index (χ4v) is 5.79. The molecule has 1 aromatic carbocycles. The molecular weight excluding hydrogens is 408 g/mol. The Bertz CT molecular complexity index is 1150. The molecule has 1 aliphatic heterocycles. The van der Waals surface area contributed by atoms with Gasteiger partial charge in [-0.05, 0) is 55.9 Å². The second-order valence-corrected chi connectivity index (χ2v) is 9.51.